The zero-order chi connectivity index (χ0) is 25.2. The Kier molecular flexibility index (Phi) is 6.55. The number of carboxylic acid groups (broad SMARTS) is 1. The molecule has 35 heavy (non-hydrogen) atoms. The number of ether oxygens (including phenoxy) is 1. The van der Waals surface area contributed by atoms with Gasteiger partial charge in [0.25, 0.3) is 5.91 Å². The van der Waals surface area contributed by atoms with Gasteiger partial charge in [0.2, 0.25) is 0 Å². The lowest BCUT2D eigenvalue weighted by Crippen LogP contribution is -2.38. The number of halogens is 1. The predicted molar refractivity (Wildman–Crippen MR) is 129 cm³/mol. The van der Waals surface area contributed by atoms with Crippen molar-refractivity contribution >= 4 is 23.7 Å². The minimum absolute atomic E-state index is 0.0462. The molecule has 1 aliphatic carbocycles. The van der Waals surface area contributed by atoms with Gasteiger partial charge >= 0.3 is 12.1 Å². The van der Waals surface area contributed by atoms with Crippen LogP contribution in [0.2, 0.25) is 0 Å². The number of nitrogens with one attached hydrogen (secondary N) is 2. The summed E-state index contributed by atoms with van der Waals surface area (Å²) in [6.45, 7) is 2.87. The third-order valence-corrected chi connectivity index (χ3v) is 6.02. The van der Waals surface area contributed by atoms with Crippen molar-refractivity contribution in [3.05, 3.63) is 89.2 Å². The van der Waals surface area contributed by atoms with Crippen LogP contribution >= 0.6 is 0 Å². The van der Waals surface area contributed by atoms with E-state index in [0.29, 0.717) is 0 Å². The van der Waals surface area contributed by atoms with Crippen molar-refractivity contribution in [3.63, 3.8) is 0 Å². The van der Waals surface area contributed by atoms with Crippen molar-refractivity contribution in [3.8, 4) is 11.1 Å². The first kappa shape index (κ1) is 23.9. The number of aliphatic carboxylic acids is 1. The molecule has 0 unspecified atom stereocenters. The summed E-state index contributed by atoms with van der Waals surface area (Å²) in [5.41, 5.74) is 3.13. The summed E-state index contributed by atoms with van der Waals surface area (Å²) in [5.74, 6) is -2.59. The van der Waals surface area contributed by atoms with Crippen LogP contribution in [0.1, 0.15) is 41.3 Å². The maximum atomic E-state index is 14.1. The Morgan fingerprint density at radius 1 is 0.971 bits per heavy atom. The molecule has 8 heteroatoms. The molecule has 2 amide bonds. The number of carbonyl (C=O) groups is 3. The van der Waals surface area contributed by atoms with Gasteiger partial charge in [-0.15, -0.1) is 0 Å². The number of carbonyl (C=O) groups excluding carboxylic acids is 2. The van der Waals surface area contributed by atoms with Gasteiger partial charge in [-0.3, -0.25) is 14.9 Å². The fourth-order valence-electron chi connectivity index (χ4n) is 4.02. The highest BCUT2D eigenvalue weighted by Gasteiger charge is 2.29. The van der Waals surface area contributed by atoms with Crippen molar-refractivity contribution in [1.29, 1.82) is 0 Å². The molecular formula is C27H25FN2O5. The second kappa shape index (κ2) is 9.58. The van der Waals surface area contributed by atoms with Crippen LogP contribution in [0.4, 0.5) is 14.9 Å². The molecule has 0 heterocycles. The second-order valence-electron chi connectivity index (χ2n) is 9.05. The molecule has 0 saturated carbocycles. The van der Waals surface area contributed by atoms with E-state index < -0.39 is 29.2 Å². The van der Waals surface area contributed by atoms with E-state index in [1.165, 1.54) is 19.9 Å². The lowest BCUT2D eigenvalue weighted by Gasteiger charge is -2.19. The number of amides is 2. The molecule has 4 rings (SSSR count). The second-order valence-corrected chi connectivity index (χ2v) is 9.05. The standard InChI is InChI=1S/C27H25FN2O5/c1-27(2,25(32)33)15-29-24(31)16-11-17(28)13-18(12-16)30-26(34)35-14-23-21-9-5-3-7-19(21)20-8-4-6-10-22(20)23/h3-13,23H,14-15H2,1-2H3,(H,29,31)(H,30,34)(H,32,33). The van der Waals surface area contributed by atoms with Gasteiger partial charge in [0.05, 0.1) is 5.41 Å². The lowest BCUT2D eigenvalue weighted by molar-refractivity contribution is -0.146. The van der Waals surface area contributed by atoms with Crippen LogP contribution in [0.15, 0.2) is 66.7 Å². The molecule has 0 fully saturated rings. The predicted octanol–water partition coefficient (Wildman–Crippen LogP) is 5.03. The minimum atomic E-state index is -1.19. The van der Waals surface area contributed by atoms with Crippen molar-refractivity contribution in [1.82, 2.24) is 5.32 Å². The van der Waals surface area contributed by atoms with Gasteiger partial charge in [-0.25, -0.2) is 9.18 Å². The zero-order valence-electron chi connectivity index (χ0n) is 19.3. The van der Waals surface area contributed by atoms with Crippen LogP contribution in [-0.4, -0.2) is 36.2 Å². The van der Waals surface area contributed by atoms with Crippen LogP contribution in [0.5, 0.6) is 0 Å². The van der Waals surface area contributed by atoms with E-state index >= 15 is 0 Å². The van der Waals surface area contributed by atoms with E-state index in [0.717, 1.165) is 34.4 Å². The smallest absolute Gasteiger partial charge is 0.411 e. The summed E-state index contributed by atoms with van der Waals surface area (Å²) in [4.78, 5) is 36.1. The average Bonchev–Trinajstić information content (AvgIpc) is 3.14. The van der Waals surface area contributed by atoms with Gasteiger partial charge in [-0.1, -0.05) is 48.5 Å². The number of rotatable bonds is 7. The SMILES string of the molecule is CC(C)(CNC(=O)c1cc(F)cc(NC(=O)OCC2c3ccccc3-c3ccccc32)c1)C(=O)O. The van der Waals surface area contributed by atoms with E-state index in [1.54, 1.807) is 0 Å². The Morgan fingerprint density at radius 3 is 2.17 bits per heavy atom. The lowest BCUT2D eigenvalue weighted by atomic mass is 9.94. The average molecular weight is 477 g/mol. The van der Waals surface area contributed by atoms with Crippen LogP contribution in [0, 0.1) is 11.2 Å². The Hall–Kier alpha value is -4.20. The van der Waals surface area contributed by atoms with Gasteiger partial charge in [-0.2, -0.15) is 0 Å². The summed E-state index contributed by atoms with van der Waals surface area (Å²) in [5, 5.41) is 14.1. The van der Waals surface area contributed by atoms with E-state index in [4.69, 9.17) is 4.74 Å². The van der Waals surface area contributed by atoms with Crippen molar-refractivity contribution < 1.29 is 28.6 Å². The number of benzene rings is 3. The number of fused-ring (bicyclic) bond motifs is 3. The van der Waals surface area contributed by atoms with Gasteiger partial charge < -0.3 is 15.2 Å². The Balaban J connectivity index is 1.41. The summed E-state index contributed by atoms with van der Waals surface area (Å²) >= 11 is 0. The molecule has 3 aromatic carbocycles. The summed E-state index contributed by atoms with van der Waals surface area (Å²) in [6.07, 6.45) is -0.782. The molecule has 0 spiro atoms. The number of hydrogen-bond acceptors (Lipinski definition) is 4. The first-order chi connectivity index (χ1) is 16.7. The zero-order valence-corrected chi connectivity index (χ0v) is 19.3. The third kappa shape index (κ3) is 5.16. The maximum absolute atomic E-state index is 14.1. The van der Waals surface area contributed by atoms with Gasteiger partial charge in [-0.05, 0) is 54.3 Å². The first-order valence-electron chi connectivity index (χ1n) is 11.1. The molecule has 0 radical (unpaired) electrons. The molecule has 0 saturated heterocycles. The van der Waals surface area contributed by atoms with Gasteiger partial charge in [0, 0.05) is 23.7 Å². The van der Waals surface area contributed by atoms with Crippen molar-refractivity contribution in [2.24, 2.45) is 5.41 Å². The molecule has 3 aromatic rings. The Labute approximate surface area is 201 Å². The third-order valence-electron chi connectivity index (χ3n) is 6.02. The summed E-state index contributed by atoms with van der Waals surface area (Å²) in [7, 11) is 0. The molecule has 0 aromatic heterocycles. The minimum Gasteiger partial charge on any atom is -0.481 e. The highest BCUT2D eigenvalue weighted by molar-refractivity contribution is 5.96. The molecule has 3 N–H and O–H groups in total. The summed E-state index contributed by atoms with van der Waals surface area (Å²) < 4.78 is 19.6. The van der Waals surface area contributed by atoms with Gasteiger partial charge in [0.15, 0.2) is 0 Å². The van der Waals surface area contributed by atoms with Crippen molar-refractivity contribution in [2.75, 3.05) is 18.5 Å². The fourth-order valence-corrected chi connectivity index (χ4v) is 4.02. The highest BCUT2D eigenvalue weighted by Crippen LogP contribution is 2.44. The van der Waals surface area contributed by atoms with Crippen molar-refractivity contribution in [2.45, 2.75) is 19.8 Å². The first-order valence-corrected chi connectivity index (χ1v) is 11.1. The van der Waals surface area contributed by atoms with Gasteiger partial charge in [0.1, 0.15) is 12.4 Å². The molecule has 180 valence electrons. The topological polar surface area (TPSA) is 105 Å². The fraction of sp³-hybridized carbons (Fsp3) is 0.222. The normalized spacial score (nSPS) is 12.4. The summed E-state index contributed by atoms with van der Waals surface area (Å²) in [6, 6.07) is 19.3. The molecule has 0 bridgehead atoms. The van der Waals surface area contributed by atoms with Crippen LogP contribution in [0.3, 0.4) is 0 Å². The number of carboxylic acids is 1. The molecule has 7 nitrogen and oxygen atoms in total. The molecule has 1 aliphatic rings. The molecular weight excluding hydrogens is 451 g/mol. The molecule has 0 atom stereocenters. The molecule has 0 aliphatic heterocycles. The highest BCUT2D eigenvalue weighted by atomic mass is 19.1. The van der Waals surface area contributed by atoms with E-state index in [1.807, 2.05) is 48.5 Å². The van der Waals surface area contributed by atoms with E-state index in [2.05, 4.69) is 10.6 Å². The largest absolute Gasteiger partial charge is 0.481 e. The van der Waals surface area contributed by atoms with E-state index in [9.17, 15) is 23.9 Å². The Morgan fingerprint density at radius 2 is 1.57 bits per heavy atom. The monoisotopic (exact) mass is 476 g/mol. The number of anilines is 1. The number of hydrogen-bond donors (Lipinski definition) is 3. The Bertz CT molecular complexity index is 1260. The van der Waals surface area contributed by atoms with Crippen LogP contribution in [-0.2, 0) is 9.53 Å². The quantitative estimate of drug-likeness (QED) is 0.444. The van der Waals surface area contributed by atoms with Crippen LogP contribution < -0.4 is 10.6 Å². The van der Waals surface area contributed by atoms with Crippen LogP contribution in [0.25, 0.3) is 11.1 Å². The maximum Gasteiger partial charge on any atom is 0.411 e. The van der Waals surface area contributed by atoms with E-state index in [-0.39, 0.29) is 30.3 Å².